The van der Waals surface area contributed by atoms with Crippen molar-refractivity contribution in [3.8, 4) is 6.07 Å². The number of nitrogens with one attached hydrogen (secondary N) is 1. The Morgan fingerprint density at radius 3 is 2.77 bits per heavy atom. The van der Waals surface area contributed by atoms with Crippen LogP contribution in [0.1, 0.15) is 50.4 Å². The van der Waals surface area contributed by atoms with E-state index in [1.807, 2.05) is 12.1 Å². The van der Waals surface area contributed by atoms with Crippen LogP contribution in [0.2, 0.25) is 0 Å². The second kappa shape index (κ2) is 7.48. The molecule has 9 heteroatoms. The molecule has 1 N–H and O–H groups in total. The average Bonchev–Trinajstić information content (AvgIpc) is 3.36. The molecule has 0 atom stereocenters. The van der Waals surface area contributed by atoms with Crippen LogP contribution in [0.15, 0.2) is 41.8 Å². The van der Waals surface area contributed by atoms with Crippen LogP contribution >= 0.6 is 0 Å². The SMILES string of the molecule is Cc1c(C#N)cnc(C(=O)Nc2ccc3c(c2)C(c2cnn(C(F)F)c2)=NC3)c1C. The Hall–Kier alpha value is -3.93. The Morgan fingerprint density at radius 2 is 2.07 bits per heavy atom. The number of carbonyl (C=O) groups is 1. The number of anilines is 1. The Balaban J connectivity index is 1.61. The fourth-order valence-electron chi connectivity index (χ4n) is 3.31. The lowest BCUT2D eigenvalue weighted by molar-refractivity contribution is 0.0566. The van der Waals surface area contributed by atoms with Crippen LogP contribution in [0.25, 0.3) is 0 Å². The number of carbonyl (C=O) groups excluding carboxylic acids is 1. The van der Waals surface area contributed by atoms with Crippen LogP contribution in [0.4, 0.5) is 14.5 Å². The first-order chi connectivity index (χ1) is 14.4. The first-order valence-electron chi connectivity index (χ1n) is 9.07. The lowest BCUT2D eigenvalue weighted by Crippen LogP contribution is -2.16. The third kappa shape index (κ3) is 3.33. The Morgan fingerprint density at radius 1 is 1.27 bits per heavy atom. The summed E-state index contributed by atoms with van der Waals surface area (Å²) >= 11 is 0. The predicted octanol–water partition coefficient (Wildman–Crippen LogP) is 3.77. The summed E-state index contributed by atoms with van der Waals surface area (Å²) in [5, 5.41) is 15.6. The molecule has 0 fully saturated rings. The van der Waals surface area contributed by atoms with E-state index in [9.17, 15) is 13.6 Å². The Bertz CT molecular complexity index is 1240. The molecule has 3 aromatic rings. The van der Waals surface area contributed by atoms with E-state index in [4.69, 9.17) is 5.26 Å². The number of pyridine rings is 1. The third-order valence-electron chi connectivity index (χ3n) is 5.09. The number of nitriles is 1. The fraction of sp³-hybridized carbons (Fsp3) is 0.190. The highest BCUT2D eigenvalue weighted by molar-refractivity contribution is 6.15. The van der Waals surface area contributed by atoms with Gasteiger partial charge < -0.3 is 5.32 Å². The summed E-state index contributed by atoms with van der Waals surface area (Å²) in [6, 6.07) is 7.39. The molecule has 0 spiro atoms. The van der Waals surface area contributed by atoms with Gasteiger partial charge in [-0.3, -0.25) is 9.79 Å². The van der Waals surface area contributed by atoms with E-state index in [0.717, 1.165) is 11.1 Å². The van der Waals surface area contributed by atoms with E-state index < -0.39 is 12.5 Å². The van der Waals surface area contributed by atoms with E-state index in [1.165, 1.54) is 18.6 Å². The van der Waals surface area contributed by atoms with Crippen LogP contribution in [0, 0.1) is 25.2 Å². The molecule has 0 saturated heterocycles. The van der Waals surface area contributed by atoms with Gasteiger partial charge in [-0.1, -0.05) is 6.07 Å². The van der Waals surface area contributed by atoms with E-state index in [1.54, 1.807) is 26.0 Å². The molecule has 1 aromatic carbocycles. The number of hydrogen-bond acceptors (Lipinski definition) is 5. The van der Waals surface area contributed by atoms with E-state index in [2.05, 4.69) is 20.4 Å². The molecule has 0 radical (unpaired) electrons. The van der Waals surface area contributed by atoms with Gasteiger partial charge in [-0.15, -0.1) is 0 Å². The van der Waals surface area contributed by atoms with Gasteiger partial charge >= 0.3 is 6.55 Å². The summed E-state index contributed by atoms with van der Waals surface area (Å²) in [5.74, 6) is -0.401. The topological polar surface area (TPSA) is 96.0 Å². The van der Waals surface area contributed by atoms with Gasteiger partial charge in [-0.2, -0.15) is 19.1 Å². The zero-order chi connectivity index (χ0) is 21.4. The second-order valence-electron chi connectivity index (χ2n) is 6.86. The van der Waals surface area contributed by atoms with E-state index >= 15 is 0 Å². The summed E-state index contributed by atoms with van der Waals surface area (Å²) in [7, 11) is 0. The van der Waals surface area contributed by atoms with Gasteiger partial charge in [0.1, 0.15) is 11.8 Å². The van der Waals surface area contributed by atoms with Crippen LogP contribution in [0.3, 0.4) is 0 Å². The number of benzene rings is 1. The van der Waals surface area contributed by atoms with Crippen molar-refractivity contribution in [2.45, 2.75) is 26.9 Å². The number of fused-ring (bicyclic) bond motifs is 1. The van der Waals surface area contributed by atoms with Gasteiger partial charge in [0, 0.05) is 29.2 Å². The van der Waals surface area contributed by atoms with Gasteiger partial charge in [0.25, 0.3) is 5.91 Å². The average molecular weight is 406 g/mol. The normalized spacial score (nSPS) is 12.5. The van der Waals surface area contributed by atoms with Crippen molar-refractivity contribution >= 4 is 17.3 Å². The molecule has 4 rings (SSSR count). The molecular formula is C21H16F2N6O. The maximum Gasteiger partial charge on any atom is 0.333 e. The summed E-state index contributed by atoms with van der Waals surface area (Å²) in [4.78, 5) is 21.3. The van der Waals surface area contributed by atoms with Crippen molar-refractivity contribution in [1.29, 1.82) is 5.26 Å². The molecule has 30 heavy (non-hydrogen) atoms. The van der Waals surface area contributed by atoms with Gasteiger partial charge in [0.2, 0.25) is 0 Å². The van der Waals surface area contributed by atoms with Gasteiger partial charge in [-0.05, 0) is 42.7 Å². The molecule has 0 saturated carbocycles. The lowest BCUT2D eigenvalue weighted by atomic mass is 10.0. The van der Waals surface area contributed by atoms with Crippen molar-refractivity contribution in [2.24, 2.45) is 4.99 Å². The van der Waals surface area contributed by atoms with E-state index in [-0.39, 0.29) is 5.69 Å². The number of halogens is 2. The van der Waals surface area contributed by atoms with Crippen molar-refractivity contribution in [3.63, 3.8) is 0 Å². The molecule has 1 aliphatic rings. The number of alkyl halides is 2. The largest absolute Gasteiger partial charge is 0.333 e. The molecule has 2 aromatic heterocycles. The number of aliphatic imine (C=N–C) groups is 1. The highest BCUT2D eigenvalue weighted by Gasteiger charge is 2.21. The minimum Gasteiger partial charge on any atom is -0.321 e. The molecule has 0 bridgehead atoms. The lowest BCUT2D eigenvalue weighted by Gasteiger charge is -2.11. The molecule has 1 aliphatic heterocycles. The summed E-state index contributed by atoms with van der Waals surface area (Å²) in [6.45, 7) is 1.21. The number of nitrogens with zero attached hydrogens (tertiary/aromatic N) is 5. The summed E-state index contributed by atoms with van der Waals surface area (Å²) in [5.41, 5.74) is 5.24. The molecule has 7 nitrogen and oxygen atoms in total. The number of rotatable bonds is 4. The minimum absolute atomic E-state index is 0.235. The predicted molar refractivity (Wildman–Crippen MR) is 106 cm³/mol. The minimum atomic E-state index is -2.72. The maximum absolute atomic E-state index is 12.8. The van der Waals surface area contributed by atoms with Gasteiger partial charge in [-0.25, -0.2) is 9.67 Å². The third-order valence-corrected chi connectivity index (χ3v) is 5.09. The molecule has 0 unspecified atom stereocenters. The van der Waals surface area contributed by atoms with Crippen molar-refractivity contribution in [2.75, 3.05) is 5.32 Å². The zero-order valence-electron chi connectivity index (χ0n) is 16.1. The Labute approximate surface area is 170 Å². The van der Waals surface area contributed by atoms with Crippen LogP contribution in [0.5, 0.6) is 0 Å². The standard InChI is InChI=1S/C21H16F2N6O/c1-11-12(2)18(25-8-14(11)6-24)20(30)28-16-4-3-13-7-26-19(17(13)5-16)15-9-27-29(10-15)21(22)23/h3-5,8-10,21H,7H2,1-2H3,(H,28,30). The highest BCUT2D eigenvalue weighted by Crippen LogP contribution is 2.27. The number of amides is 1. The summed E-state index contributed by atoms with van der Waals surface area (Å²) in [6.07, 6.45) is 3.97. The second-order valence-corrected chi connectivity index (χ2v) is 6.86. The number of hydrogen-bond donors (Lipinski definition) is 1. The van der Waals surface area contributed by atoms with Crippen molar-refractivity contribution < 1.29 is 13.6 Å². The fourth-order valence-corrected chi connectivity index (χ4v) is 3.31. The number of aromatic nitrogens is 3. The van der Waals surface area contributed by atoms with Gasteiger partial charge in [0.05, 0.1) is 24.0 Å². The van der Waals surface area contributed by atoms with Crippen LogP contribution in [-0.2, 0) is 6.54 Å². The maximum atomic E-state index is 12.8. The molecule has 150 valence electrons. The first-order valence-corrected chi connectivity index (χ1v) is 9.07. The molecule has 3 heterocycles. The monoisotopic (exact) mass is 406 g/mol. The molecule has 0 aliphatic carbocycles. The quantitative estimate of drug-likeness (QED) is 0.713. The first kappa shape index (κ1) is 19.4. The molecular weight excluding hydrogens is 390 g/mol. The van der Waals surface area contributed by atoms with Crippen LogP contribution in [-0.4, -0.2) is 26.4 Å². The Kier molecular flexibility index (Phi) is 4.83. The smallest absolute Gasteiger partial charge is 0.321 e. The van der Waals surface area contributed by atoms with Crippen molar-refractivity contribution in [3.05, 3.63) is 75.9 Å². The van der Waals surface area contributed by atoms with Gasteiger partial charge in [0.15, 0.2) is 0 Å². The van der Waals surface area contributed by atoms with E-state index in [0.29, 0.717) is 44.9 Å². The van der Waals surface area contributed by atoms with Crippen LogP contribution < -0.4 is 5.32 Å². The zero-order valence-corrected chi connectivity index (χ0v) is 16.1. The van der Waals surface area contributed by atoms with Crippen molar-refractivity contribution in [1.82, 2.24) is 14.8 Å². The summed E-state index contributed by atoms with van der Waals surface area (Å²) < 4.78 is 26.2. The highest BCUT2D eigenvalue weighted by atomic mass is 19.3. The molecule has 1 amide bonds.